The van der Waals surface area contributed by atoms with Crippen molar-refractivity contribution in [3.8, 4) is 5.69 Å². The van der Waals surface area contributed by atoms with Crippen LogP contribution in [-0.2, 0) is 5.41 Å². The van der Waals surface area contributed by atoms with Crippen LogP contribution in [0.1, 0.15) is 50.0 Å². The molecule has 0 amide bonds. The van der Waals surface area contributed by atoms with Crippen LogP contribution in [0.4, 0.5) is 0 Å². The Balaban J connectivity index is 1.68. The summed E-state index contributed by atoms with van der Waals surface area (Å²) in [7, 11) is 0. The fraction of sp³-hybridized carbons (Fsp3) is 0.409. The van der Waals surface area contributed by atoms with Gasteiger partial charge in [-0.15, -0.1) is 0 Å². The van der Waals surface area contributed by atoms with Crippen LogP contribution in [0.25, 0.3) is 16.6 Å². The number of rotatable bonds is 5. The van der Waals surface area contributed by atoms with Gasteiger partial charge >= 0.3 is 0 Å². The van der Waals surface area contributed by atoms with E-state index in [9.17, 15) is 5.11 Å². The fourth-order valence-corrected chi connectivity index (χ4v) is 4.46. The molecule has 2 aromatic carbocycles. The summed E-state index contributed by atoms with van der Waals surface area (Å²) in [6.45, 7) is 4.45. The molecule has 1 fully saturated rings. The van der Waals surface area contributed by atoms with Crippen LogP contribution in [0.2, 0.25) is 0 Å². The molecule has 0 radical (unpaired) electrons. The van der Waals surface area contributed by atoms with E-state index in [4.69, 9.17) is 5.73 Å². The zero-order chi connectivity index (χ0) is 18.9. The van der Waals surface area contributed by atoms with Crippen molar-refractivity contribution in [2.45, 2.75) is 44.2 Å². The summed E-state index contributed by atoms with van der Waals surface area (Å²) in [5.41, 5.74) is 9.75. The number of nitrogens with one attached hydrogen (secondary N) is 1. The number of nitrogens with two attached hydrogens (primary N) is 1. The topological polar surface area (TPSA) is 76.1 Å². The van der Waals surface area contributed by atoms with Crippen LogP contribution < -0.4 is 11.1 Å². The van der Waals surface area contributed by atoms with Gasteiger partial charge in [-0.05, 0) is 43.5 Å². The molecule has 0 saturated carbocycles. The summed E-state index contributed by atoms with van der Waals surface area (Å²) in [6, 6.07) is 14.5. The Hall–Kier alpha value is -2.21. The summed E-state index contributed by atoms with van der Waals surface area (Å²) >= 11 is 0. The first-order valence-electron chi connectivity index (χ1n) is 9.86. The first kappa shape index (κ1) is 18.2. The molecular formula is C22H28N4O. The second kappa shape index (κ2) is 7.43. The van der Waals surface area contributed by atoms with Gasteiger partial charge < -0.3 is 16.2 Å². The quantitative estimate of drug-likeness (QED) is 0.607. The Morgan fingerprint density at radius 2 is 2.07 bits per heavy atom. The Kier molecular flexibility index (Phi) is 5.00. The van der Waals surface area contributed by atoms with E-state index in [0.29, 0.717) is 5.56 Å². The van der Waals surface area contributed by atoms with Crippen molar-refractivity contribution in [3.63, 3.8) is 0 Å². The lowest BCUT2D eigenvalue weighted by molar-refractivity contribution is 0.187. The summed E-state index contributed by atoms with van der Waals surface area (Å²) in [6.07, 6.45) is 5.85. The molecule has 1 saturated heterocycles. The average molecular weight is 364 g/mol. The molecule has 1 aromatic heterocycles. The normalized spacial score (nSPS) is 21.4. The van der Waals surface area contributed by atoms with Crippen LogP contribution in [0.15, 0.2) is 48.7 Å². The predicted molar refractivity (Wildman–Crippen MR) is 109 cm³/mol. The maximum atomic E-state index is 9.78. The van der Waals surface area contributed by atoms with Gasteiger partial charge in [0.25, 0.3) is 0 Å². The van der Waals surface area contributed by atoms with E-state index in [1.54, 1.807) is 0 Å². The monoisotopic (exact) mass is 364 g/mol. The molecule has 142 valence electrons. The van der Waals surface area contributed by atoms with Crippen molar-refractivity contribution in [3.05, 3.63) is 59.8 Å². The SMILES string of the molecule is CCC[C@]1(c2ccc(-n3cc4cccc(C(N)O)c4n3)cc2)CCCNC1. The van der Waals surface area contributed by atoms with Gasteiger partial charge in [0.1, 0.15) is 6.23 Å². The van der Waals surface area contributed by atoms with Gasteiger partial charge in [0.05, 0.1) is 11.2 Å². The Morgan fingerprint density at radius 3 is 2.74 bits per heavy atom. The molecule has 1 unspecified atom stereocenters. The van der Waals surface area contributed by atoms with Crippen molar-refractivity contribution in [1.29, 1.82) is 0 Å². The molecule has 27 heavy (non-hydrogen) atoms. The zero-order valence-electron chi connectivity index (χ0n) is 15.9. The highest BCUT2D eigenvalue weighted by Crippen LogP contribution is 2.36. The van der Waals surface area contributed by atoms with Gasteiger partial charge in [0.15, 0.2) is 0 Å². The average Bonchev–Trinajstić information content (AvgIpc) is 3.13. The van der Waals surface area contributed by atoms with Crippen LogP contribution in [0.3, 0.4) is 0 Å². The fourth-order valence-electron chi connectivity index (χ4n) is 4.46. The molecule has 4 N–H and O–H groups in total. The molecule has 2 heterocycles. The molecule has 4 rings (SSSR count). The highest BCUT2D eigenvalue weighted by molar-refractivity contribution is 5.82. The first-order chi connectivity index (χ1) is 13.1. The number of aliphatic hydroxyl groups excluding tert-OH is 1. The van der Waals surface area contributed by atoms with E-state index in [1.165, 1.54) is 31.2 Å². The van der Waals surface area contributed by atoms with Crippen LogP contribution in [0.5, 0.6) is 0 Å². The summed E-state index contributed by atoms with van der Waals surface area (Å²) in [4.78, 5) is 0. The number of hydrogen-bond acceptors (Lipinski definition) is 4. The number of piperidine rings is 1. The van der Waals surface area contributed by atoms with Gasteiger partial charge in [0, 0.05) is 29.1 Å². The molecule has 0 spiro atoms. The van der Waals surface area contributed by atoms with Gasteiger partial charge in [-0.2, -0.15) is 5.10 Å². The lowest BCUT2D eigenvalue weighted by Crippen LogP contribution is -2.43. The Labute approximate surface area is 160 Å². The molecule has 1 aliphatic rings. The van der Waals surface area contributed by atoms with Crippen molar-refractivity contribution >= 4 is 10.9 Å². The largest absolute Gasteiger partial charge is 0.374 e. The van der Waals surface area contributed by atoms with Gasteiger partial charge in [0.2, 0.25) is 0 Å². The molecule has 0 aliphatic carbocycles. The molecule has 3 aromatic rings. The third-order valence-corrected chi connectivity index (χ3v) is 5.83. The third kappa shape index (κ3) is 3.38. The van der Waals surface area contributed by atoms with Crippen molar-refractivity contribution in [2.75, 3.05) is 13.1 Å². The molecule has 5 nitrogen and oxygen atoms in total. The minimum Gasteiger partial charge on any atom is -0.374 e. The van der Waals surface area contributed by atoms with E-state index in [2.05, 4.69) is 41.6 Å². The molecular weight excluding hydrogens is 336 g/mol. The van der Waals surface area contributed by atoms with Crippen LogP contribution in [-0.4, -0.2) is 28.0 Å². The van der Waals surface area contributed by atoms with E-state index >= 15 is 0 Å². The lowest BCUT2D eigenvalue weighted by Gasteiger charge is -2.38. The van der Waals surface area contributed by atoms with Gasteiger partial charge in [-0.25, -0.2) is 4.68 Å². The number of aliphatic hydroxyl groups is 1. The second-order valence-electron chi connectivity index (χ2n) is 7.66. The maximum absolute atomic E-state index is 9.78. The minimum absolute atomic E-state index is 0.247. The first-order valence-corrected chi connectivity index (χ1v) is 9.86. The summed E-state index contributed by atoms with van der Waals surface area (Å²) < 4.78 is 1.87. The van der Waals surface area contributed by atoms with E-state index in [1.807, 2.05) is 29.1 Å². The zero-order valence-corrected chi connectivity index (χ0v) is 15.9. The molecule has 0 bridgehead atoms. The van der Waals surface area contributed by atoms with Crippen LogP contribution in [0, 0.1) is 0 Å². The van der Waals surface area contributed by atoms with Crippen molar-refractivity contribution in [1.82, 2.24) is 15.1 Å². The standard InChI is InChI=1S/C22H28N4O/c1-2-11-22(12-4-13-24-15-22)17-7-9-18(10-8-17)26-14-16-5-3-6-19(21(23)27)20(16)25-26/h3,5-10,14,21,24,27H,2,4,11-13,15,23H2,1H3/t21?,22-/m0/s1. The minimum atomic E-state index is -1.02. The number of benzene rings is 2. The van der Waals surface area contributed by atoms with E-state index in [0.717, 1.165) is 29.7 Å². The summed E-state index contributed by atoms with van der Waals surface area (Å²) in [5.74, 6) is 0. The Morgan fingerprint density at radius 1 is 1.26 bits per heavy atom. The van der Waals surface area contributed by atoms with Crippen molar-refractivity contribution < 1.29 is 5.11 Å². The van der Waals surface area contributed by atoms with E-state index in [-0.39, 0.29) is 5.41 Å². The predicted octanol–water partition coefficient (Wildman–Crippen LogP) is 3.40. The molecule has 1 aliphatic heterocycles. The number of nitrogens with zero attached hydrogens (tertiary/aromatic N) is 2. The molecule has 2 atom stereocenters. The van der Waals surface area contributed by atoms with Gasteiger partial charge in [-0.3, -0.25) is 0 Å². The summed E-state index contributed by atoms with van der Waals surface area (Å²) in [5, 5.41) is 19.0. The lowest BCUT2D eigenvalue weighted by atomic mass is 9.72. The smallest absolute Gasteiger partial charge is 0.130 e. The van der Waals surface area contributed by atoms with Crippen molar-refractivity contribution in [2.24, 2.45) is 5.73 Å². The van der Waals surface area contributed by atoms with Crippen LogP contribution >= 0.6 is 0 Å². The molecule has 5 heteroatoms. The maximum Gasteiger partial charge on any atom is 0.130 e. The number of fused-ring (bicyclic) bond motifs is 1. The second-order valence-corrected chi connectivity index (χ2v) is 7.66. The Bertz CT molecular complexity index is 902. The highest BCUT2D eigenvalue weighted by Gasteiger charge is 2.32. The third-order valence-electron chi connectivity index (χ3n) is 5.83. The van der Waals surface area contributed by atoms with E-state index < -0.39 is 6.23 Å². The van der Waals surface area contributed by atoms with Gasteiger partial charge in [-0.1, -0.05) is 43.7 Å². The number of hydrogen-bond donors (Lipinski definition) is 3. The number of aromatic nitrogens is 2. The highest BCUT2D eigenvalue weighted by atomic mass is 16.3.